The van der Waals surface area contributed by atoms with Crippen LogP contribution in [0.1, 0.15) is 21.7 Å². The number of carbonyl (C=O) groups is 1. The summed E-state index contributed by atoms with van der Waals surface area (Å²) in [6, 6.07) is 14.7. The lowest BCUT2D eigenvalue weighted by Gasteiger charge is -2.10. The van der Waals surface area contributed by atoms with E-state index in [1.54, 1.807) is 31.3 Å². The first kappa shape index (κ1) is 17.4. The summed E-state index contributed by atoms with van der Waals surface area (Å²) in [7, 11) is 0. The van der Waals surface area contributed by atoms with Gasteiger partial charge in [0.15, 0.2) is 0 Å². The second-order valence-corrected chi connectivity index (χ2v) is 6.38. The van der Waals surface area contributed by atoms with Crippen LogP contribution in [-0.4, -0.2) is 15.9 Å². The highest BCUT2D eigenvalue weighted by atomic mass is 35.5. The van der Waals surface area contributed by atoms with E-state index >= 15 is 0 Å². The fraction of sp³-hybridized carbons (Fsp3) is 0.105. The predicted octanol–water partition coefficient (Wildman–Crippen LogP) is 4.69. The molecule has 1 N–H and O–H groups in total. The highest BCUT2D eigenvalue weighted by Crippen LogP contribution is 2.22. The van der Waals surface area contributed by atoms with Gasteiger partial charge in [0, 0.05) is 28.4 Å². The van der Waals surface area contributed by atoms with Crippen molar-refractivity contribution in [3.05, 3.63) is 81.7 Å². The van der Waals surface area contributed by atoms with E-state index in [-0.39, 0.29) is 5.91 Å². The van der Waals surface area contributed by atoms with E-state index in [4.69, 9.17) is 23.2 Å². The van der Waals surface area contributed by atoms with Gasteiger partial charge >= 0.3 is 0 Å². The van der Waals surface area contributed by atoms with Crippen LogP contribution in [0.3, 0.4) is 0 Å². The maximum Gasteiger partial charge on any atom is 0.255 e. The lowest BCUT2D eigenvalue weighted by Crippen LogP contribution is -2.24. The molecule has 4 nitrogen and oxygen atoms in total. The summed E-state index contributed by atoms with van der Waals surface area (Å²) in [6.07, 6.45) is 1.55. The first-order valence-electron chi connectivity index (χ1n) is 7.65. The van der Waals surface area contributed by atoms with Crippen molar-refractivity contribution in [2.24, 2.45) is 0 Å². The summed E-state index contributed by atoms with van der Waals surface area (Å²) in [5.74, 6) is 0.354. The van der Waals surface area contributed by atoms with E-state index < -0.39 is 0 Å². The molecular formula is C19H15Cl2N3O. The Bertz CT molecular complexity index is 894. The molecule has 0 bridgehead atoms. The number of benzene rings is 2. The van der Waals surface area contributed by atoms with Crippen LogP contribution >= 0.6 is 23.2 Å². The summed E-state index contributed by atoms with van der Waals surface area (Å²) in [5.41, 5.74) is 2.71. The van der Waals surface area contributed by atoms with E-state index in [1.165, 1.54) is 0 Å². The molecule has 3 rings (SSSR count). The van der Waals surface area contributed by atoms with Gasteiger partial charge in [-0.25, -0.2) is 9.97 Å². The number of halogens is 2. The van der Waals surface area contributed by atoms with Gasteiger partial charge in [0.2, 0.25) is 0 Å². The van der Waals surface area contributed by atoms with Crippen LogP contribution < -0.4 is 5.32 Å². The number of aryl methyl sites for hydroxylation is 1. The third-order valence-electron chi connectivity index (χ3n) is 3.58. The number of rotatable bonds is 4. The topological polar surface area (TPSA) is 54.9 Å². The molecule has 0 saturated heterocycles. The zero-order chi connectivity index (χ0) is 17.8. The Labute approximate surface area is 155 Å². The number of carbonyl (C=O) groups excluding carboxylic acids is 1. The molecule has 0 aliphatic heterocycles. The van der Waals surface area contributed by atoms with E-state index in [9.17, 15) is 4.79 Å². The molecule has 25 heavy (non-hydrogen) atoms. The van der Waals surface area contributed by atoms with Gasteiger partial charge in [-0.3, -0.25) is 4.79 Å². The van der Waals surface area contributed by atoms with Gasteiger partial charge in [0.05, 0.1) is 11.3 Å². The highest BCUT2D eigenvalue weighted by Gasteiger charge is 2.15. The van der Waals surface area contributed by atoms with E-state index in [1.807, 2.05) is 30.3 Å². The fourth-order valence-corrected chi connectivity index (χ4v) is 3.01. The van der Waals surface area contributed by atoms with Crippen molar-refractivity contribution >= 4 is 29.1 Å². The number of nitrogens with zero attached hydrogens (tertiary/aromatic N) is 2. The standard InChI is InChI=1S/C19H15Cl2N3O/c1-12-22-11-17(18(24-12)14-5-3-2-4-6-14)19(25)23-10-13-7-15(20)9-16(21)8-13/h2-9,11H,10H2,1H3,(H,23,25). The largest absolute Gasteiger partial charge is 0.348 e. The van der Waals surface area contributed by atoms with E-state index in [2.05, 4.69) is 15.3 Å². The minimum Gasteiger partial charge on any atom is -0.348 e. The average Bonchev–Trinajstić information content (AvgIpc) is 2.59. The Morgan fingerprint density at radius 3 is 2.44 bits per heavy atom. The van der Waals surface area contributed by atoms with Crippen LogP contribution in [0, 0.1) is 6.92 Å². The Hall–Kier alpha value is -2.43. The van der Waals surface area contributed by atoms with Gasteiger partial charge in [-0.05, 0) is 30.7 Å². The fourth-order valence-electron chi connectivity index (χ4n) is 2.44. The SMILES string of the molecule is Cc1ncc(C(=O)NCc2cc(Cl)cc(Cl)c2)c(-c2ccccc2)n1. The van der Waals surface area contributed by atoms with Crippen LogP contribution in [0.2, 0.25) is 10.0 Å². The molecule has 0 aliphatic carbocycles. The van der Waals surface area contributed by atoms with Gasteiger partial charge in [-0.2, -0.15) is 0 Å². The number of hydrogen-bond donors (Lipinski definition) is 1. The molecule has 2 aromatic carbocycles. The van der Waals surface area contributed by atoms with Crippen molar-refractivity contribution in [2.45, 2.75) is 13.5 Å². The molecule has 1 aromatic heterocycles. The molecule has 0 radical (unpaired) electrons. The van der Waals surface area contributed by atoms with Crippen molar-refractivity contribution in [2.75, 3.05) is 0 Å². The summed E-state index contributed by atoms with van der Waals surface area (Å²) in [6.45, 7) is 2.10. The Kier molecular flexibility index (Phi) is 5.31. The average molecular weight is 372 g/mol. The van der Waals surface area contributed by atoms with Gasteiger partial charge in [-0.1, -0.05) is 53.5 Å². The summed E-state index contributed by atoms with van der Waals surface area (Å²) in [5, 5.41) is 3.92. The van der Waals surface area contributed by atoms with Crippen LogP contribution in [0.25, 0.3) is 11.3 Å². The number of amides is 1. The van der Waals surface area contributed by atoms with Crippen LogP contribution in [0.15, 0.2) is 54.7 Å². The molecule has 126 valence electrons. The predicted molar refractivity (Wildman–Crippen MR) is 99.8 cm³/mol. The molecule has 0 unspecified atom stereocenters. The minimum absolute atomic E-state index is 0.255. The zero-order valence-corrected chi connectivity index (χ0v) is 15.0. The van der Waals surface area contributed by atoms with Crippen molar-refractivity contribution in [1.82, 2.24) is 15.3 Å². The molecule has 3 aromatic rings. The Morgan fingerprint density at radius 2 is 1.76 bits per heavy atom. The third kappa shape index (κ3) is 4.35. The molecule has 1 amide bonds. The smallest absolute Gasteiger partial charge is 0.255 e. The lowest BCUT2D eigenvalue weighted by molar-refractivity contribution is 0.0951. The Morgan fingerprint density at radius 1 is 1.08 bits per heavy atom. The molecular weight excluding hydrogens is 357 g/mol. The monoisotopic (exact) mass is 371 g/mol. The van der Waals surface area contributed by atoms with Crippen molar-refractivity contribution < 1.29 is 4.79 Å². The molecule has 0 saturated carbocycles. The number of hydrogen-bond acceptors (Lipinski definition) is 3. The zero-order valence-electron chi connectivity index (χ0n) is 13.5. The number of nitrogens with one attached hydrogen (secondary N) is 1. The van der Waals surface area contributed by atoms with Crippen molar-refractivity contribution in [3.63, 3.8) is 0 Å². The van der Waals surface area contributed by atoms with Gasteiger partial charge < -0.3 is 5.32 Å². The van der Waals surface area contributed by atoms with Gasteiger partial charge in [0.1, 0.15) is 5.82 Å². The van der Waals surface area contributed by atoms with Crippen LogP contribution in [-0.2, 0) is 6.54 Å². The molecule has 1 heterocycles. The first-order valence-corrected chi connectivity index (χ1v) is 8.41. The normalized spacial score (nSPS) is 10.5. The summed E-state index contributed by atoms with van der Waals surface area (Å²) in [4.78, 5) is 21.2. The quantitative estimate of drug-likeness (QED) is 0.723. The molecule has 6 heteroatoms. The molecule has 0 fully saturated rings. The van der Waals surface area contributed by atoms with Crippen molar-refractivity contribution in [3.8, 4) is 11.3 Å². The Balaban J connectivity index is 1.85. The maximum absolute atomic E-state index is 12.6. The minimum atomic E-state index is -0.255. The third-order valence-corrected chi connectivity index (χ3v) is 4.01. The second-order valence-electron chi connectivity index (χ2n) is 5.51. The van der Waals surface area contributed by atoms with E-state index in [0.717, 1.165) is 11.1 Å². The first-order chi connectivity index (χ1) is 12.0. The van der Waals surface area contributed by atoms with Crippen LogP contribution in [0.4, 0.5) is 0 Å². The van der Waals surface area contributed by atoms with E-state index in [0.29, 0.717) is 33.7 Å². The summed E-state index contributed by atoms with van der Waals surface area (Å²) >= 11 is 12.0. The van der Waals surface area contributed by atoms with Crippen molar-refractivity contribution in [1.29, 1.82) is 0 Å². The number of aromatic nitrogens is 2. The molecule has 0 atom stereocenters. The lowest BCUT2D eigenvalue weighted by atomic mass is 10.1. The van der Waals surface area contributed by atoms with Gasteiger partial charge in [0.25, 0.3) is 5.91 Å². The molecule has 0 aliphatic rings. The summed E-state index contributed by atoms with van der Waals surface area (Å²) < 4.78 is 0. The maximum atomic E-state index is 12.6. The second kappa shape index (κ2) is 7.64. The van der Waals surface area contributed by atoms with Crippen LogP contribution in [0.5, 0.6) is 0 Å². The molecule has 0 spiro atoms. The van der Waals surface area contributed by atoms with Gasteiger partial charge in [-0.15, -0.1) is 0 Å². The highest BCUT2D eigenvalue weighted by molar-refractivity contribution is 6.34.